The lowest BCUT2D eigenvalue weighted by Gasteiger charge is -1.97. The first-order chi connectivity index (χ1) is 6.77. The van der Waals surface area contributed by atoms with E-state index in [1.54, 1.807) is 11.3 Å². The predicted octanol–water partition coefficient (Wildman–Crippen LogP) is 2.13. The highest BCUT2D eigenvalue weighted by atomic mass is 32.2. The topological polar surface area (TPSA) is 49.3 Å². The zero-order valence-electron chi connectivity index (χ0n) is 7.27. The largest absolute Gasteiger partial charge is 0.294 e. The molecule has 3 nitrogen and oxygen atoms in total. The van der Waals surface area contributed by atoms with E-state index >= 15 is 0 Å². The third-order valence-corrected chi connectivity index (χ3v) is 3.35. The molecular weight excluding hydrogens is 218 g/mol. The van der Waals surface area contributed by atoms with Crippen LogP contribution >= 0.6 is 11.3 Å². The second-order valence-corrected chi connectivity index (χ2v) is 4.53. The van der Waals surface area contributed by atoms with Gasteiger partial charge in [0.05, 0.1) is 0 Å². The third-order valence-electron chi connectivity index (χ3n) is 1.95. The van der Waals surface area contributed by atoms with Gasteiger partial charge in [0, 0.05) is 11.2 Å². The average Bonchev–Trinajstić information content (AvgIpc) is 2.58. The van der Waals surface area contributed by atoms with E-state index in [2.05, 4.69) is 4.72 Å². The molecule has 1 unspecified atom stereocenters. The van der Waals surface area contributed by atoms with Gasteiger partial charge in [0.25, 0.3) is 0 Å². The fourth-order valence-corrected chi connectivity index (χ4v) is 2.55. The van der Waals surface area contributed by atoms with E-state index in [1.807, 2.05) is 29.6 Å². The van der Waals surface area contributed by atoms with Crippen LogP contribution in [-0.2, 0) is 17.8 Å². The molecule has 5 heteroatoms. The molecule has 14 heavy (non-hydrogen) atoms. The molecule has 0 saturated carbocycles. The van der Waals surface area contributed by atoms with Gasteiger partial charge in [-0.3, -0.25) is 4.55 Å². The Morgan fingerprint density at radius 1 is 1.43 bits per heavy atom. The van der Waals surface area contributed by atoms with E-state index in [4.69, 9.17) is 4.55 Å². The predicted molar refractivity (Wildman–Crippen MR) is 59.4 cm³/mol. The molecule has 0 aliphatic rings. The van der Waals surface area contributed by atoms with Crippen molar-refractivity contribution in [1.82, 2.24) is 4.72 Å². The maximum Gasteiger partial charge on any atom is 0.232 e. The SMILES string of the molecule is O=S(O)NCc1csc2ccccc12. The van der Waals surface area contributed by atoms with Crippen molar-refractivity contribution in [2.24, 2.45) is 0 Å². The number of fused-ring (bicyclic) bond motifs is 1. The zero-order chi connectivity index (χ0) is 9.97. The van der Waals surface area contributed by atoms with Crippen LogP contribution < -0.4 is 4.72 Å². The summed E-state index contributed by atoms with van der Waals surface area (Å²) in [5.41, 5.74) is 1.06. The van der Waals surface area contributed by atoms with Crippen LogP contribution in [0.2, 0.25) is 0 Å². The number of nitrogens with one attached hydrogen (secondary N) is 1. The molecule has 2 aromatic rings. The molecule has 1 atom stereocenters. The van der Waals surface area contributed by atoms with Crippen molar-refractivity contribution in [2.75, 3.05) is 0 Å². The van der Waals surface area contributed by atoms with Crippen LogP contribution in [0.25, 0.3) is 10.1 Å². The second kappa shape index (κ2) is 4.18. The highest BCUT2D eigenvalue weighted by molar-refractivity contribution is 7.77. The molecule has 0 aliphatic heterocycles. The van der Waals surface area contributed by atoms with E-state index < -0.39 is 11.3 Å². The molecule has 0 fully saturated rings. The van der Waals surface area contributed by atoms with Crippen LogP contribution in [0.5, 0.6) is 0 Å². The number of hydrogen-bond acceptors (Lipinski definition) is 2. The molecule has 1 aromatic heterocycles. The number of rotatable bonds is 3. The van der Waals surface area contributed by atoms with Crippen LogP contribution in [0.1, 0.15) is 5.56 Å². The summed E-state index contributed by atoms with van der Waals surface area (Å²) in [5.74, 6) is 0. The molecule has 2 N–H and O–H groups in total. The molecule has 2 rings (SSSR count). The average molecular weight is 227 g/mol. The Balaban J connectivity index is 2.29. The Labute approximate surface area is 88.2 Å². The lowest BCUT2D eigenvalue weighted by atomic mass is 10.2. The quantitative estimate of drug-likeness (QED) is 0.789. The minimum Gasteiger partial charge on any atom is -0.294 e. The van der Waals surface area contributed by atoms with Crippen LogP contribution in [0.15, 0.2) is 29.6 Å². The molecule has 0 aliphatic carbocycles. The monoisotopic (exact) mass is 227 g/mol. The Kier molecular flexibility index (Phi) is 2.93. The molecule has 74 valence electrons. The van der Waals surface area contributed by atoms with Crippen molar-refractivity contribution in [3.8, 4) is 0 Å². The van der Waals surface area contributed by atoms with Crippen molar-refractivity contribution in [3.63, 3.8) is 0 Å². The maximum absolute atomic E-state index is 10.4. The van der Waals surface area contributed by atoms with Gasteiger partial charge in [-0.2, -0.15) is 0 Å². The van der Waals surface area contributed by atoms with Gasteiger partial charge in [-0.15, -0.1) is 11.3 Å². The lowest BCUT2D eigenvalue weighted by molar-refractivity contribution is 0.549. The van der Waals surface area contributed by atoms with E-state index in [1.165, 1.54) is 4.70 Å². The smallest absolute Gasteiger partial charge is 0.232 e. The fourth-order valence-electron chi connectivity index (χ4n) is 1.31. The molecule has 0 bridgehead atoms. The third kappa shape index (κ3) is 2.01. The van der Waals surface area contributed by atoms with Crippen molar-refractivity contribution >= 4 is 32.7 Å². The molecule has 1 heterocycles. The normalized spacial score (nSPS) is 13.2. The standard InChI is InChI=1S/C9H9NO2S2/c11-14(12)10-5-7-6-13-9-4-2-1-3-8(7)9/h1-4,6,10H,5H2,(H,11,12). The van der Waals surface area contributed by atoms with Gasteiger partial charge in [0.1, 0.15) is 0 Å². The minimum absolute atomic E-state index is 0.424. The van der Waals surface area contributed by atoms with Gasteiger partial charge in [-0.05, 0) is 22.4 Å². The van der Waals surface area contributed by atoms with Crippen molar-refractivity contribution in [3.05, 3.63) is 35.2 Å². The van der Waals surface area contributed by atoms with Gasteiger partial charge in [-0.1, -0.05) is 18.2 Å². The Morgan fingerprint density at radius 2 is 2.21 bits per heavy atom. The molecular formula is C9H9NO2S2. The fraction of sp³-hybridized carbons (Fsp3) is 0.111. The molecule has 0 spiro atoms. The first-order valence-corrected chi connectivity index (χ1v) is 6.05. The van der Waals surface area contributed by atoms with E-state index in [9.17, 15) is 4.21 Å². The van der Waals surface area contributed by atoms with Gasteiger partial charge in [0.15, 0.2) is 0 Å². The molecule has 0 saturated heterocycles. The summed E-state index contributed by atoms with van der Waals surface area (Å²) in [4.78, 5) is 0. The molecule has 0 amide bonds. The summed E-state index contributed by atoms with van der Waals surface area (Å²) in [6.07, 6.45) is 0. The maximum atomic E-state index is 10.4. The van der Waals surface area contributed by atoms with Crippen molar-refractivity contribution in [2.45, 2.75) is 6.54 Å². The summed E-state index contributed by atoms with van der Waals surface area (Å²) in [6, 6.07) is 8.01. The summed E-state index contributed by atoms with van der Waals surface area (Å²) >= 11 is -0.293. The minimum atomic E-state index is -1.94. The highest BCUT2D eigenvalue weighted by Crippen LogP contribution is 2.25. The van der Waals surface area contributed by atoms with E-state index in [-0.39, 0.29) is 0 Å². The van der Waals surface area contributed by atoms with Gasteiger partial charge < -0.3 is 0 Å². The van der Waals surface area contributed by atoms with Crippen LogP contribution in [0, 0.1) is 0 Å². The Hall–Kier alpha value is -0.750. The van der Waals surface area contributed by atoms with Crippen molar-refractivity contribution < 1.29 is 8.76 Å². The van der Waals surface area contributed by atoms with Crippen LogP contribution in [-0.4, -0.2) is 8.76 Å². The number of hydrogen-bond donors (Lipinski definition) is 2. The Bertz CT molecular complexity index is 467. The summed E-state index contributed by atoms with van der Waals surface area (Å²) in [6.45, 7) is 0.424. The van der Waals surface area contributed by atoms with Crippen LogP contribution in [0.3, 0.4) is 0 Å². The van der Waals surface area contributed by atoms with Gasteiger partial charge in [-0.25, -0.2) is 8.93 Å². The van der Waals surface area contributed by atoms with Crippen LogP contribution in [0.4, 0.5) is 0 Å². The highest BCUT2D eigenvalue weighted by Gasteiger charge is 2.03. The molecule has 0 radical (unpaired) electrons. The van der Waals surface area contributed by atoms with Crippen molar-refractivity contribution in [1.29, 1.82) is 0 Å². The summed E-state index contributed by atoms with van der Waals surface area (Å²) in [5, 5.41) is 3.15. The zero-order valence-corrected chi connectivity index (χ0v) is 8.90. The van der Waals surface area contributed by atoms with E-state index in [0.29, 0.717) is 6.54 Å². The lowest BCUT2D eigenvalue weighted by Crippen LogP contribution is -2.14. The first kappa shape index (κ1) is 9.79. The molecule has 1 aromatic carbocycles. The Morgan fingerprint density at radius 3 is 3.00 bits per heavy atom. The number of thiophene rings is 1. The first-order valence-electron chi connectivity index (χ1n) is 4.07. The second-order valence-electron chi connectivity index (χ2n) is 2.83. The summed E-state index contributed by atoms with van der Waals surface area (Å²) < 4.78 is 22.7. The van der Waals surface area contributed by atoms with Gasteiger partial charge >= 0.3 is 0 Å². The number of benzene rings is 1. The van der Waals surface area contributed by atoms with E-state index in [0.717, 1.165) is 10.9 Å². The van der Waals surface area contributed by atoms with Gasteiger partial charge in [0.2, 0.25) is 11.3 Å². The summed E-state index contributed by atoms with van der Waals surface area (Å²) in [7, 11) is 0.